The first kappa shape index (κ1) is 19.9. The zero-order chi connectivity index (χ0) is 20.5. The summed E-state index contributed by atoms with van der Waals surface area (Å²) in [7, 11) is -0.744. The molecule has 2 aromatic carbocycles. The van der Waals surface area contributed by atoms with Crippen molar-refractivity contribution in [3.63, 3.8) is 0 Å². The monoisotopic (exact) mass is 402 g/mol. The largest absolute Gasteiger partial charge is 0.452 e. The van der Waals surface area contributed by atoms with Crippen molar-refractivity contribution in [1.82, 2.24) is 4.90 Å². The Morgan fingerprint density at radius 2 is 1.86 bits per heavy atom. The van der Waals surface area contributed by atoms with Gasteiger partial charge < -0.3 is 9.64 Å². The van der Waals surface area contributed by atoms with Crippen molar-refractivity contribution in [3.8, 4) is 0 Å². The summed E-state index contributed by atoms with van der Waals surface area (Å²) in [6, 6.07) is 12.8. The van der Waals surface area contributed by atoms with Gasteiger partial charge in [-0.2, -0.15) is 0 Å². The van der Waals surface area contributed by atoms with Crippen LogP contribution in [0.2, 0.25) is 0 Å². The van der Waals surface area contributed by atoms with Gasteiger partial charge in [0.2, 0.25) is 0 Å². The summed E-state index contributed by atoms with van der Waals surface area (Å²) in [5.74, 6) is -1.11. The average molecular weight is 402 g/mol. The van der Waals surface area contributed by atoms with Crippen molar-refractivity contribution in [3.05, 3.63) is 59.7 Å². The Hall–Kier alpha value is -2.87. The molecular formula is C20H22N2O5S. The van der Waals surface area contributed by atoms with E-state index < -0.39 is 22.6 Å². The van der Waals surface area contributed by atoms with Gasteiger partial charge in [-0.25, -0.2) is 13.2 Å². The summed E-state index contributed by atoms with van der Waals surface area (Å²) in [5, 5.41) is 0. The second kappa shape index (κ2) is 7.63. The summed E-state index contributed by atoms with van der Waals surface area (Å²) >= 11 is 0. The Balaban J connectivity index is 1.87. The zero-order valence-corrected chi connectivity index (χ0v) is 16.8. The first-order valence-corrected chi connectivity index (χ1v) is 10.3. The number of fused-ring (bicyclic) bond motifs is 1. The van der Waals surface area contributed by atoms with Gasteiger partial charge in [-0.15, -0.1) is 0 Å². The predicted octanol–water partition coefficient (Wildman–Crippen LogP) is 2.07. The molecule has 1 atom stereocenters. The molecule has 0 N–H and O–H groups in total. The summed E-state index contributed by atoms with van der Waals surface area (Å²) in [5.41, 5.74) is 1.70. The SMILES string of the molecule is C[C@@H]1Cc2ccccc2N1S(=O)(=O)c1cccc(C(=O)OCC(=O)N(C)C)c1. The fourth-order valence-electron chi connectivity index (χ4n) is 3.14. The molecule has 0 saturated carbocycles. The second-order valence-electron chi connectivity index (χ2n) is 6.87. The highest BCUT2D eigenvalue weighted by molar-refractivity contribution is 7.92. The number of hydrogen-bond acceptors (Lipinski definition) is 5. The van der Waals surface area contributed by atoms with Gasteiger partial charge in [0.05, 0.1) is 16.1 Å². The van der Waals surface area contributed by atoms with Gasteiger partial charge in [-0.05, 0) is 43.2 Å². The fourth-order valence-corrected chi connectivity index (χ4v) is 4.88. The van der Waals surface area contributed by atoms with Crippen LogP contribution in [-0.2, 0) is 26.0 Å². The van der Waals surface area contributed by atoms with E-state index in [0.29, 0.717) is 12.1 Å². The number of likely N-dealkylation sites (N-methyl/N-ethyl adjacent to an activating group) is 1. The summed E-state index contributed by atoms with van der Waals surface area (Å²) in [6.45, 7) is 1.45. The molecule has 0 saturated heterocycles. The first-order valence-electron chi connectivity index (χ1n) is 8.81. The highest BCUT2D eigenvalue weighted by atomic mass is 32.2. The molecule has 8 heteroatoms. The fraction of sp³-hybridized carbons (Fsp3) is 0.300. The smallest absolute Gasteiger partial charge is 0.338 e. The van der Waals surface area contributed by atoms with Gasteiger partial charge in [-0.1, -0.05) is 24.3 Å². The van der Waals surface area contributed by atoms with Crippen LogP contribution in [0.4, 0.5) is 5.69 Å². The van der Waals surface area contributed by atoms with Gasteiger partial charge in [-0.3, -0.25) is 9.10 Å². The van der Waals surface area contributed by atoms with Gasteiger partial charge in [0.1, 0.15) is 0 Å². The van der Waals surface area contributed by atoms with Crippen LogP contribution < -0.4 is 4.31 Å². The number of carbonyl (C=O) groups is 2. The Bertz CT molecular complexity index is 1020. The van der Waals surface area contributed by atoms with E-state index in [0.717, 1.165) is 5.56 Å². The van der Waals surface area contributed by atoms with Crippen LogP contribution in [0, 0.1) is 0 Å². The van der Waals surface area contributed by atoms with Crippen LogP contribution in [0.15, 0.2) is 53.4 Å². The lowest BCUT2D eigenvalue weighted by atomic mass is 10.1. The molecule has 1 aliphatic heterocycles. The highest BCUT2D eigenvalue weighted by Gasteiger charge is 2.36. The number of para-hydroxylation sites is 1. The lowest BCUT2D eigenvalue weighted by Crippen LogP contribution is -2.35. The molecule has 28 heavy (non-hydrogen) atoms. The standard InChI is InChI=1S/C20H22N2O5S/c1-14-11-15-7-4-5-10-18(15)22(14)28(25,26)17-9-6-8-16(12-17)20(24)27-13-19(23)21(2)3/h4-10,12,14H,11,13H2,1-3H3/t14-/m1/s1. The van der Waals surface area contributed by atoms with Crippen molar-refractivity contribution in [1.29, 1.82) is 0 Å². The van der Waals surface area contributed by atoms with E-state index in [4.69, 9.17) is 4.74 Å². The minimum Gasteiger partial charge on any atom is -0.452 e. The maximum Gasteiger partial charge on any atom is 0.338 e. The van der Waals surface area contributed by atoms with E-state index in [1.165, 1.54) is 33.5 Å². The molecule has 0 unspecified atom stereocenters. The molecule has 2 aromatic rings. The van der Waals surface area contributed by atoms with Crippen molar-refractivity contribution in [2.24, 2.45) is 0 Å². The van der Waals surface area contributed by atoms with Gasteiger partial charge in [0.15, 0.2) is 6.61 Å². The maximum absolute atomic E-state index is 13.3. The molecule has 0 aromatic heterocycles. The minimum absolute atomic E-state index is 0.00411. The Labute approximate surface area is 164 Å². The van der Waals surface area contributed by atoms with Crippen LogP contribution >= 0.6 is 0 Å². The Morgan fingerprint density at radius 3 is 2.57 bits per heavy atom. The summed E-state index contributed by atoms with van der Waals surface area (Å²) in [6.07, 6.45) is 0.629. The molecule has 0 aliphatic carbocycles. The van der Waals surface area contributed by atoms with E-state index in [1.54, 1.807) is 26.2 Å². The first-order chi connectivity index (χ1) is 13.2. The Morgan fingerprint density at radius 1 is 1.14 bits per heavy atom. The number of sulfonamides is 1. The third-order valence-electron chi connectivity index (χ3n) is 4.60. The lowest BCUT2D eigenvalue weighted by Gasteiger charge is -2.24. The van der Waals surface area contributed by atoms with E-state index in [9.17, 15) is 18.0 Å². The number of esters is 1. The van der Waals surface area contributed by atoms with Crippen LogP contribution in [0.3, 0.4) is 0 Å². The number of anilines is 1. The third-order valence-corrected chi connectivity index (χ3v) is 6.52. The van der Waals surface area contributed by atoms with Crippen molar-refractivity contribution < 1.29 is 22.7 Å². The average Bonchev–Trinajstić information content (AvgIpc) is 3.02. The van der Waals surface area contributed by atoms with Crippen molar-refractivity contribution in [2.45, 2.75) is 24.3 Å². The molecule has 0 fully saturated rings. The molecule has 0 bridgehead atoms. The van der Waals surface area contributed by atoms with E-state index in [1.807, 2.05) is 19.1 Å². The quantitative estimate of drug-likeness (QED) is 0.715. The summed E-state index contributed by atoms with van der Waals surface area (Å²) in [4.78, 5) is 25.1. The van der Waals surface area contributed by atoms with Crippen molar-refractivity contribution >= 4 is 27.6 Å². The number of rotatable bonds is 5. The molecule has 0 spiro atoms. The number of amides is 1. The third kappa shape index (κ3) is 3.73. The molecule has 1 heterocycles. The van der Waals surface area contributed by atoms with Gasteiger partial charge in [0.25, 0.3) is 15.9 Å². The number of ether oxygens (including phenoxy) is 1. The minimum atomic E-state index is -3.85. The molecule has 148 valence electrons. The number of carbonyl (C=O) groups excluding carboxylic acids is 2. The molecular weight excluding hydrogens is 380 g/mol. The van der Waals surface area contributed by atoms with Crippen LogP contribution in [0.1, 0.15) is 22.8 Å². The number of nitrogens with zero attached hydrogens (tertiary/aromatic N) is 2. The van der Waals surface area contributed by atoms with E-state index >= 15 is 0 Å². The van der Waals surface area contributed by atoms with Gasteiger partial charge in [0, 0.05) is 20.1 Å². The highest BCUT2D eigenvalue weighted by Crippen LogP contribution is 2.36. The van der Waals surface area contributed by atoms with Crippen LogP contribution in [-0.4, -0.2) is 51.9 Å². The maximum atomic E-state index is 13.3. The normalized spacial score (nSPS) is 15.8. The topological polar surface area (TPSA) is 84.0 Å². The predicted molar refractivity (Wildman–Crippen MR) is 105 cm³/mol. The lowest BCUT2D eigenvalue weighted by molar-refractivity contribution is -0.131. The second-order valence-corrected chi connectivity index (χ2v) is 8.69. The van der Waals surface area contributed by atoms with Crippen LogP contribution in [0.5, 0.6) is 0 Å². The molecule has 3 rings (SSSR count). The zero-order valence-electron chi connectivity index (χ0n) is 16.0. The van der Waals surface area contributed by atoms with Crippen molar-refractivity contribution in [2.75, 3.05) is 25.0 Å². The molecule has 7 nitrogen and oxygen atoms in total. The van der Waals surface area contributed by atoms with Crippen LogP contribution in [0.25, 0.3) is 0 Å². The van der Waals surface area contributed by atoms with Gasteiger partial charge >= 0.3 is 5.97 Å². The molecule has 1 amide bonds. The van der Waals surface area contributed by atoms with E-state index in [-0.39, 0.29) is 22.4 Å². The molecule has 1 aliphatic rings. The molecule has 0 radical (unpaired) electrons. The Kier molecular flexibility index (Phi) is 5.42. The number of hydrogen-bond donors (Lipinski definition) is 0. The summed E-state index contributed by atoms with van der Waals surface area (Å²) < 4.78 is 32.9. The number of benzene rings is 2. The van der Waals surface area contributed by atoms with E-state index in [2.05, 4.69) is 0 Å².